The van der Waals surface area contributed by atoms with Gasteiger partial charge in [0, 0.05) is 11.8 Å². The molecule has 118 valence electrons. The molecule has 0 aliphatic heterocycles. The number of ether oxygens (including phenoxy) is 1. The number of carbonyl (C=O) groups excluding carboxylic acids is 1. The highest BCUT2D eigenvalue weighted by atomic mass is 16.5. The average molecular weight is 310 g/mol. The molecule has 1 N–H and O–H groups in total. The Labute approximate surface area is 134 Å². The number of para-hydroxylation sites is 2. The summed E-state index contributed by atoms with van der Waals surface area (Å²) in [6.45, 7) is 4.11. The number of nitrogens with one attached hydrogen (secondary N) is 1. The largest absolute Gasteiger partial charge is 0.495 e. The Bertz CT molecular complexity index is 855. The molecule has 0 radical (unpaired) electrons. The van der Waals surface area contributed by atoms with Crippen LogP contribution in [-0.4, -0.2) is 27.6 Å². The van der Waals surface area contributed by atoms with Crippen molar-refractivity contribution in [2.24, 2.45) is 0 Å². The summed E-state index contributed by atoms with van der Waals surface area (Å²) in [5, 5.41) is 7.10. The van der Waals surface area contributed by atoms with Crippen molar-refractivity contribution in [1.82, 2.24) is 14.6 Å². The van der Waals surface area contributed by atoms with Crippen LogP contribution in [0.4, 0.5) is 5.69 Å². The van der Waals surface area contributed by atoms with Crippen molar-refractivity contribution >= 4 is 17.2 Å². The van der Waals surface area contributed by atoms with Gasteiger partial charge in [0.15, 0.2) is 5.65 Å². The summed E-state index contributed by atoms with van der Waals surface area (Å²) in [6, 6.07) is 10.8. The third-order valence-electron chi connectivity index (χ3n) is 3.57. The second kappa shape index (κ2) is 6.08. The summed E-state index contributed by atoms with van der Waals surface area (Å²) in [4.78, 5) is 16.9. The van der Waals surface area contributed by atoms with Crippen molar-refractivity contribution in [3.63, 3.8) is 0 Å². The highest BCUT2D eigenvalue weighted by Crippen LogP contribution is 2.24. The molecule has 23 heavy (non-hydrogen) atoms. The lowest BCUT2D eigenvalue weighted by atomic mass is 10.1. The molecule has 0 saturated heterocycles. The van der Waals surface area contributed by atoms with Gasteiger partial charge in [-0.05, 0) is 24.1 Å². The summed E-state index contributed by atoms with van der Waals surface area (Å²) in [6.07, 6.45) is 1.68. The third-order valence-corrected chi connectivity index (χ3v) is 3.57. The standard InChI is InChI=1S/C17H18N4O2/c1-11(2)14-10-13(19-16-8-9-18-21(14)16)17(22)20-12-6-4-5-7-15(12)23-3/h4-11H,1-3H3,(H,20,22). The maximum atomic E-state index is 12.6. The topological polar surface area (TPSA) is 68.5 Å². The fourth-order valence-corrected chi connectivity index (χ4v) is 2.40. The zero-order valence-corrected chi connectivity index (χ0v) is 13.3. The van der Waals surface area contributed by atoms with E-state index in [4.69, 9.17) is 4.74 Å². The van der Waals surface area contributed by atoms with E-state index < -0.39 is 0 Å². The summed E-state index contributed by atoms with van der Waals surface area (Å²) < 4.78 is 7.01. The molecular formula is C17H18N4O2. The molecule has 0 aliphatic rings. The molecule has 1 amide bonds. The van der Waals surface area contributed by atoms with Crippen LogP contribution in [0, 0.1) is 0 Å². The maximum Gasteiger partial charge on any atom is 0.274 e. The number of hydrogen-bond donors (Lipinski definition) is 1. The van der Waals surface area contributed by atoms with E-state index >= 15 is 0 Å². The van der Waals surface area contributed by atoms with Gasteiger partial charge in [-0.15, -0.1) is 0 Å². The second-order valence-corrected chi connectivity index (χ2v) is 5.48. The third kappa shape index (κ3) is 2.88. The Kier molecular flexibility index (Phi) is 3.97. The summed E-state index contributed by atoms with van der Waals surface area (Å²) in [7, 11) is 1.57. The van der Waals surface area contributed by atoms with Crippen molar-refractivity contribution in [2.75, 3.05) is 12.4 Å². The first kappa shape index (κ1) is 15.0. The second-order valence-electron chi connectivity index (χ2n) is 5.48. The van der Waals surface area contributed by atoms with Crippen LogP contribution in [-0.2, 0) is 0 Å². The molecule has 0 atom stereocenters. The van der Waals surface area contributed by atoms with Gasteiger partial charge in [0.25, 0.3) is 5.91 Å². The zero-order valence-electron chi connectivity index (χ0n) is 13.3. The molecule has 0 spiro atoms. The van der Waals surface area contributed by atoms with E-state index in [0.717, 1.165) is 5.69 Å². The molecule has 2 aromatic heterocycles. The van der Waals surface area contributed by atoms with Gasteiger partial charge in [-0.1, -0.05) is 26.0 Å². The van der Waals surface area contributed by atoms with E-state index in [1.807, 2.05) is 12.1 Å². The highest BCUT2D eigenvalue weighted by molar-refractivity contribution is 6.04. The lowest BCUT2D eigenvalue weighted by Crippen LogP contribution is -2.16. The Balaban J connectivity index is 1.98. The highest BCUT2D eigenvalue weighted by Gasteiger charge is 2.16. The van der Waals surface area contributed by atoms with Crippen molar-refractivity contribution in [3.8, 4) is 5.75 Å². The van der Waals surface area contributed by atoms with Gasteiger partial charge in [-0.2, -0.15) is 5.10 Å². The fourth-order valence-electron chi connectivity index (χ4n) is 2.40. The number of amides is 1. The number of carbonyl (C=O) groups is 1. The number of benzene rings is 1. The average Bonchev–Trinajstić information content (AvgIpc) is 3.02. The first-order valence-corrected chi connectivity index (χ1v) is 7.39. The van der Waals surface area contributed by atoms with E-state index in [0.29, 0.717) is 22.8 Å². The summed E-state index contributed by atoms with van der Waals surface area (Å²) in [5.74, 6) is 0.550. The molecule has 1 aromatic carbocycles. The lowest BCUT2D eigenvalue weighted by Gasteiger charge is -2.12. The maximum absolute atomic E-state index is 12.6. The Morgan fingerprint density at radius 1 is 1.26 bits per heavy atom. The number of aromatic nitrogens is 3. The van der Waals surface area contributed by atoms with Crippen molar-refractivity contribution in [1.29, 1.82) is 0 Å². The van der Waals surface area contributed by atoms with Gasteiger partial charge in [-0.25, -0.2) is 9.50 Å². The number of anilines is 1. The van der Waals surface area contributed by atoms with Crippen LogP contribution < -0.4 is 10.1 Å². The number of hydrogen-bond acceptors (Lipinski definition) is 4. The molecule has 6 heteroatoms. The zero-order chi connectivity index (χ0) is 16.4. The van der Waals surface area contributed by atoms with Gasteiger partial charge in [-0.3, -0.25) is 4.79 Å². The molecule has 3 aromatic rings. The number of nitrogens with zero attached hydrogens (tertiary/aromatic N) is 3. The van der Waals surface area contributed by atoms with Crippen LogP contribution in [0.3, 0.4) is 0 Å². The van der Waals surface area contributed by atoms with Gasteiger partial charge < -0.3 is 10.1 Å². The van der Waals surface area contributed by atoms with E-state index in [2.05, 4.69) is 29.2 Å². The van der Waals surface area contributed by atoms with Crippen molar-refractivity contribution in [3.05, 3.63) is 54.0 Å². The Morgan fingerprint density at radius 2 is 2.04 bits per heavy atom. The number of fused-ring (bicyclic) bond motifs is 1. The monoisotopic (exact) mass is 310 g/mol. The van der Waals surface area contributed by atoms with E-state index in [1.54, 1.807) is 42.1 Å². The minimum atomic E-state index is -0.278. The van der Waals surface area contributed by atoms with Gasteiger partial charge in [0.1, 0.15) is 11.4 Å². The van der Waals surface area contributed by atoms with Crippen molar-refractivity contribution in [2.45, 2.75) is 19.8 Å². The predicted molar refractivity (Wildman–Crippen MR) is 88.0 cm³/mol. The first-order chi connectivity index (χ1) is 11.1. The molecule has 2 heterocycles. The van der Waals surface area contributed by atoms with Crippen LogP contribution >= 0.6 is 0 Å². The van der Waals surface area contributed by atoms with Crippen LogP contribution in [0.25, 0.3) is 5.65 Å². The Hall–Kier alpha value is -2.89. The number of methoxy groups -OCH3 is 1. The van der Waals surface area contributed by atoms with Crippen LogP contribution in [0.2, 0.25) is 0 Å². The molecule has 6 nitrogen and oxygen atoms in total. The molecule has 0 saturated carbocycles. The number of rotatable bonds is 4. The van der Waals surface area contributed by atoms with Gasteiger partial charge in [0.2, 0.25) is 0 Å². The van der Waals surface area contributed by atoms with E-state index in [9.17, 15) is 4.79 Å². The molecule has 0 unspecified atom stereocenters. The van der Waals surface area contributed by atoms with Crippen LogP contribution in [0.15, 0.2) is 42.6 Å². The van der Waals surface area contributed by atoms with Gasteiger partial charge in [0.05, 0.1) is 19.0 Å². The molecule has 0 bridgehead atoms. The minimum absolute atomic E-state index is 0.221. The predicted octanol–water partition coefficient (Wildman–Crippen LogP) is 3.11. The quantitative estimate of drug-likeness (QED) is 0.804. The van der Waals surface area contributed by atoms with Crippen LogP contribution in [0.5, 0.6) is 5.75 Å². The lowest BCUT2D eigenvalue weighted by molar-refractivity contribution is 0.102. The normalized spacial score (nSPS) is 11.0. The molecular weight excluding hydrogens is 292 g/mol. The molecule has 0 fully saturated rings. The van der Waals surface area contributed by atoms with E-state index in [1.165, 1.54) is 0 Å². The van der Waals surface area contributed by atoms with Gasteiger partial charge >= 0.3 is 0 Å². The molecule has 0 aliphatic carbocycles. The van der Waals surface area contributed by atoms with Crippen molar-refractivity contribution < 1.29 is 9.53 Å². The minimum Gasteiger partial charge on any atom is -0.495 e. The molecule has 3 rings (SSSR count). The SMILES string of the molecule is COc1ccccc1NC(=O)c1cc(C(C)C)n2nccc2n1. The summed E-state index contributed by atoms with van der Waals surface area (Å²) >= 11 is 0. The fraction of sp³-hybridized carbons (Fsp3) is 0.235. The Morgan fingerprint density at radius 3 is 2.78 bits per heavy atom. The van der Waals surface area contributed by atoms with Crippen LogP contribution in [0.1, 0.15) is 35.9 Å². The first-order valence-electron chi connectivity index (χ1n) is 7.39. The van der Waals surface area contributed by atoms with E-state index in [-0.39, 0.29) is 11.8 Å². The summed E-state index contributed by atoms with van der Waals surface area (Å²) in [5.41, 5.74) is 2.56. The smallest absolute Gasteiger partial charge is 0.274 e.